The van der Waals surface area contributed by atoms with Gasteiger partial charge in [0.05, 0.1) is 12.7 Å². The Labute approximate surface area is 92.2 Å². The largest absolute Gasteiger partial charge is 0.371 e. The smallest absolute Gasteiger partial charge is 0.0811 e. The highest BCUT2D eigenvalue weighted by Crippen LogP contribution is 2.06. The minimum Gasteiger partial charge on any atom is -0.371 e. The van der Waals surface area contributed by atoms with E-state index in [1.165, 1.54) is 5.56 Å². The fourth-order valence-electron chi connectivity index (χ4n) is 0.919. The number of benzene rings is 1. The third-order valence-corrected chi connectivity index (χ3v) is 2.74. The summed E-state index contributed by atoms with van der Waals surface area (Å²) in [6, 6.07) is 10.1. The Balaban J connectivity index is 2.34. The van der Waals surface area contributed by atoms with Crippen molar-refractivity contribution in [2.45, 2.75) is 12.7 Å². The molecule has 0 saturated carbocycles. The van der Waals surface area contributed by atoms with Crippen molar-refractivity contribution in [3.63, 3.8) is 0 Å². The SMILES string of the molecule is ClC[C@@H](CBr)OCc1ccccc1. The van der Waals surface area contributed by atoms with Gasteiger partial charge in [0.15, 0.2) is 0 Å². The van der Waals surface area contributed by atoms with Crippen LogP contribution in [0.2, 0.25) is 0 Å². The van der Waals surface area contributed by atoms with E-state index in [0.29, 0.717) is 12.5 Å². The predicted molar refractivity (Wildman–Crippen MR) is 59.5 cm³/mol. The zero-order chi connectivity index (χ0) is 9.52. The molecule has 1 atom stereocenters. The Morgan fingerprint density at radius 2 is 2.00 bits per heavy atom. The fraction of sp³-hybridized carbons (Fsp3) is 0.400. The number of hydrogen-bond acceptors (Lipinski definition) is 1. The lowest BCUT2D eigenvalue weighted by molar-refractivity contribution is 0.0717. The Bertz CT molecular complexity index is 224. The van der Waals surface area contributed by atoms with Crippen molar-refractivity contribution < 1.29 is 4.74 Å². The molecule has 0 bridgehead atoms. The molecule has 72 valence electrons. The average molecular weight is 264 g/mol. The van der Waals surface area contributed by atoms with Crippen LogP contribution < -0.4 is 0 Å². The zero-order valence-corrected chi connectivity index (χ0v) is 9.59. The summed E-state index contributed by atoms with van der Waals surface area (Å²) in [5.74, 6) is 0.526. The van der Waals surface area contributed by atoms with E-state index in [4.69, 9.17) is 16.3 Å². The molecule has 0 N–H and O–H groups in total. The summed E-state index contributed by atoms with van der Waals surface area (Å²) in [7, 11) is 0. The lowest BCUT2D eigenvalue weighted by Gasteiger charge is -2.11. The van der Waals surface area contributed by atoms with Crippen LogP contribution in [0.4, 0.5) is 0 Å². The summed E-state index contributed by atoms with van der Waals surface area (Å²) in [6.45, 7) is 0.629. The Kier molecular flexibility index (Phi) is 5.44. The topological polar surface area (TPSA) is 9.23 Å². The Morgan fingerprint density at radius 3 is 2.54 bits per heavy atom. The number of halogens is 2. The molecule has 0 aliphatic heterocycles. The van der Waals surface area contributed by atoms with Crippen molar-refractivity contribution in [1.29, 1.82) is 0 Å². The first kappa shape index (κ1) is 11.0. The van der Waals surface area contributed by atoms with Crippen molar-refractivity contribution in [2.75, 3.05) is 11.2 Å². The molecule has 3 heteroatoms. The first-order valence-corrected chi connectivity index (χ1v) is 5.80. The zero-order valence-electron chi connectivity index (χ0n) is 7.25. The molecule has 0 fully saturated rings. The number of hydrogen-bond donors (Lipinski definition) is 0. The van der Waals surface area contributed by atoms with E-state index in [9.17, 15) is 0 Å². The van der Waals surface area contributed by atoms with E-state index < -0.39 is 0 Å². The van der Waals surface area contributed by atoms with Gasteiger partial charge in [0.2, 0.25) is 0 Å². The minimum atomic E-state index is 0.0990. The molecule has 0 spiro atoms. The highest BCUT2D eigenvalue weighted by Gasteiger charge is 2.04. The van der Waals surface area contributed by atoms with Crippen molar-refractivity contribution in [3.05, 3.63) is 35.9 Å². The molecular formula is C10H12BrClO. The molecule has 13 heavy (non-hydrogen) atoms. The van der Waals surface area contributed by atoms with Crippen LogP contribution in [0.3, 0.4) is 0 Å². The molecular weight excluding hydrogens is 251 g/mol. The molecule has 0 aliphatic rings. The van der Waals surface area contributed by atoms with Gasteiger partial charge < -0.3 is 4.74 Å². The second-order valence-electron chi connectivity index (χ2n) is 2.73. The van der Waals surface area contributed by atoms with Crippen molar-refractivity contribution >= 4 is 27.5 Å². The van der Waals surface area contributed by atoms with Gasteiger partial charge in [-0.2, -0.15) is 0 Å². The van der Waals surface area contributed by atoms with Crippen LogP contribution in [-0.4, -0.2) is 17.3 Å². The monoisotopic (exact) mass is 262 g/mol. The van der Waals surface area contributed by atoms with Gasteiger partial charge in [-0.15, -0.1) is 11.6 Å². The molecule has 0 heterocycles. The van der Waals surface area contributed by atoms with Gasteiger partial charge in [-0.1, -0.05) is 46.3 Å². The molecule has 1 rings (SSSR count). The second-order valence-corrected chi connectivity index (χ2v) is 3.68. The van der Waals surface area contributed by atoms with Crippen LogP contribution in [0.5, 0.6) is 0 Å². The van der Waals surface area contributed by atoms with Crippen molar-refractivity contribution in [3.8, 4) is 0 Å². The highest BCUT2D eigenvalue weighted by atomic mass is 79.9. The van der Waals surface area contributed by atoms with E-state index in [1.807, 2.05) is 30.3 Å². The molecule has 0 amide bonds. The lowest BCUT2D eigenvalue weighted by Crippen LogP contribution is -2.15. The molecule has 0 aromatic heterocycles. The van der Waals surface area contributed by atoms with Gasteiger partial charge >= 0.3 is 0 Å². The van der Waals surface area contributed by atoms with Crippen molar-refractivity contribution in [1.82, 2.24) is 0 Å². The minimum absolute atomic E-state index is 0.0990. The number of rotatable bonds is 5. The lowest BCUT2D eigenvalue weighted by atomic mass is 10.2. The summed E-state index contributed by atoms with van der Waals surface area (Å²) >= 11 is 9.02. The van der Waals surface area contributed by atoms with E-state index >= 15 is 0 Å². The maximum Gasteiger partial charge on any atom is 0.0811 e. The maximum absolute atomic E-state index is 5.68. The Morgan fingerprint density at radius 1 is 1.31 bits per heavy atom. The fourth-order valence-corrected chi connectivity index (χ4v) is 1.80. The first-order chi connectivity index (χ1) is 6.36. The van der Waals surface area contributed by atoms with E-state index in [2.05, 4.69) is 15.9 Å². The third-order valence-electron chi connectivity index (χ3n) is 1.67. The van der Waals surface area contributed by atoms with E-state index in [-0.39, 0.29) is 6.10 Å². The predicted octanol–water partition coefficient (Wildman–Crippen LogP) is 3.21. The van der Waals surface area contributed by atoms with Gasteiger partial charge in [-0.05, 0) is 5.56 Å². The van der Waals surface area contributed by atoms with Gasteiger partial charge in [-0.25, -0.2) is 0 Å². The molecule has 0 radical (unpaired) electrons. The summed E-state index contributed by atoms with van der Waals surface area (Å²) in [5.41, 5.74) is 1.18. The van der Waals surface area contributed by atoms with Crippen LogP contribution in [-0.2, 0) is 11.3 Å². The highest BCUT2D eigenvalue weighted by molar-refractivity contribution is 9.09. The molecule has 0 aliphatic carbocycles. The van der Waals surface area contributed by atoms with Gasteiger partial charge in [-0.3, -0.25) is 0 Å². The maximum atomic E-state index is 5.68. The summed E-state index contributed by atoms with van der Waals surface area (Å²) in [4.78, 5) is 0. The van der Waals surface area contributed by atoms with Gasteiger partial charge in [0, 0.05) is 11.2 Å². The second kappa shape index (κ2) is 6.41. The molecule has 1 aromatic carbocycles. The van der Waals surface area contributed by atoms with Crippen LogP contribution in [0.15, 0.2) is 30.3 Å². The quantitative estimate of drug-likeness (QED) is 0.741. The molecule has 1 aromatic rings. The molecule has 0 unspecified atom stereocenters. The average Bonchev–Trinajstić information content (AvgIpc) is 2.21. The summed E-state index contributed by atoms with van der Waals surface area (Å²) in [5, 5.41) is 0.781. The normalized spacial score (nSPS) is 12.8. The van der Waals surface area contributed by atoms with E-state index in [1.54, 1.807) is 0 Å². The number of alkyl halides is 2. The first-order valence-electron chi connectivity index (χ1n) is 4.14. The summed E-state index contributed by atoms with van der Waals surface area (Å²) < 4.78 is 5.55. The van der Waals surface area contributed by atoms with Gasteiger partial charge in [0.25, 0.3) is 0 Å². The van der Waals surface area contributed by atoms with Crippen LogP contribution >= 0.6 is 27.5 Å². The van der Waals surface area contributed by atoms with E-state index in [0.717, 1.165) is 5.33 Å². The van der Waals surface area contributed by atoms with Crippen molar-refractivity contribution in [2.24, 2.45) is 0 Å². The summed E-state index contributed by atoms with van der Waals surface area (Å²) in [6.07, 6.45) is 0.0990. The third kappa shape index (κ3) is 4.12. The standard InChI is InChI=1S/C10H12BrClO/c11-6-10(7-12)13-8-9-4-2-1-3-5-9/h1-5,10H,6-8H2/t10-/m1/s1. The molecule has 1 nitrogen and oxygen atoms in total. The van der Waals surface area contributed by atoms with Gasteiger partial charge in [0.1, 0.15) is 0 Å². The number of ether oxygens (including phenoxy) is 1. The van der Waals surface area contributed by atoms with Crippen LogP contribution in [0.1, 0.15) is 5.56 Å². The molecule has 0 saturated heterocycles. The van der Waals surface area contributed by atoms with Crippen LogP contribution in [0.25, 0.3) is 0 Å². The van der Waals surface area contributed by atoms with Crippen LogP contribution in [0, 0.1) is 0 Å². The Hall–Kier alpha value is -0.0500.